The zero-order valence-electron chi connectivity index (χ0n) is 9.73. The van der Waals surface area contributed by atoms with Crippen LogP contribution in [0.1, 0.15) is 21.6 Å². The zero-order chi connectivity index (χ0) is 12.1. The molecule has 0 atom stereocenters. The molecule has 0 fully saturated rings. The second-order valence-corrected chi connectivity index (χ2v) is 3.83. The molecule has 0 unspecified atom stereocenters. The molecule has 0 saturated heterocycles. The van der Waals surface area contributed by atoms with Crippen molar-refractivity contribution in [3.8, 4) is 0 Å². The molecule has 1 amide bonds. The molecule has 0 aliphatic heterocycles. The SMILES string of the molecule is CNC(=O)c1[nH]ncc1CCc1ccccc1. The number of hydrogen-bond donors (Lipinski definition) is 2. The molecule has 1 heterocycles. The Hall–Kier alpha value is -2.10. The molecule has 0 aliphatic carbocycles. The van der Waals surface area contributed by atoms with Gasteiger partial charge in [-0.3, -0.25) is 9.89 Å². The van der Waals surface area contributed by atoms with Gasteiger partial charge >= 0.3 is 0 Å². The van der Waals surface area contributed by atoms with Crippen molar-refractivity contribution in [3.63, 3.8) is 0 Å². The van der Waals surface area contributed by atoms with Crippen molar-refractivity contribution < 1.29 is 4.79 Å². The van der Waals surface area contributed by atoms with E-state index in [2.05, 4.69) is 27.6 Å². The first kappa shape index (κ1) is 11.4. The third-order valence-electron chi connectivity index (χ3n) is 2.70. The molecule has 4 heteroatoms. The van der Waals surface area contributed by atoms with Gasteiger partial charge < -0.3 is 5.32 Å². The first-order valence-corrected chi connectivity index (χ1v) is 5.59. The smallest absolute Gasteiger partial charge is 0.269 e. The van der Waals surface area contributed by atoms with Gasteiger partial charge in [-0.05, 0) is 18.4 Å². The van der Waals surface area contributed by atoms with E-state index < -0.39 is 0 Å². The van der Waals surface area contributed by atoms with E-state index in [4.69, 9.17) is 0 Å². The molecular weight excluding hydrogens is 214 g/mol. The van der Waals surface area contributed by atoms with Gasteiger partial charge in [-0.2, -0.15) is 5.10 Å². The number of H-pyrrole nitrogens is 1. The van der Waals surface area contributed by atoms with Crippen LogP contribution in [0.15, 0.2) is 36.5 Å². The van der Waals surface area contributed by atoms with Crippen molar-refractivity contribution >= 4 is 5.91 Å². The Kier molecular flexibility index (Phi) is 3.55. The number of amides is 1. The molecule has 17 heavy (non-hydrogen) atoms. The summed E-state index contributed by atoms with van der Waals surface area (Å²) in [6, 6.07) is 10.2. The molecule has 0 bridgehead atoms. The Balaban J connectivity index is 2.05. The van der Waals surface area contributed by atoms with Crippen molar-refractivity contribution in [2.45, 2.75) is 12.8 Å². The maximum Gasteiger partial charge on any atom is 0.269 e. The van der Waals surface area contributed by atoms with Crippen LogP contribution in [0, 0.1) is 0 Å². The number of aromatic nitrogens is 2. The molecule has 0 spiro atoms. The maximum absolute atomic E-state index is 11.5. The monoisotopic (exact) mass is 229 g/mol. The fourth-order valence-electron chi connectivity index (χ4n) is 1.75. The van der Waals surface area contributed by atoms with E-state index in [1.165, 1.54) is 5.56 Å². The number of aromatic amines is 1. The lowest BCUT2D eigenvalue weighted by molar-refractivity contribution is 0.0957. The summed E-state index contributed by atoms with van der Waals surface area (Å²) in [4.78, 5) is 11.5. The van der Waals surface area contributed by atoms with Crippen molar-refractivity contribution in [2.24, 2.45) is 0 Å². The predicted octanol–water partition coefficient (Wildman–Crippen LogP) is 1.55. The molecule has 2 N–H and O–H groups in total. The lowest BCUT2D eigenvalue weighted by Crippen LogP contribution is -2.19. The van der Waals surface area contributed by atoms with Crippen LogP contribution in [-0.4, -0.2) is 23.2 Å². The summed E-state index contributed by atoms with van der Waals surface area (Å²) >= 11 is 0. The fourth-order valence-corrected chi connectivity index (χ4v) is 1.75. The van der Waals surface area contributed by atoms with Crippen LogP contribution in [0.2, 0.25) is 0 Å². The van der Waals surface area contributed by atoms with Crippen molar-refractivity contribution in [1.82, 2.24) is 15.5 Å². The van der Waals surface area contributed by atoms with Gasteiger partial charge in [0.05, 0.1) is 6.20 Å². The molecule has 1 aromatic carbocycles. The quantitative estimate of drug-likeness (QED) is 0.835. The number of hydrogen-bond acceptors (Lipinski definition) is 2. The number of aryl methyl sites for hydroxylation is 2. The number of carbonyl (C=O) groups excluding carboxylic acids is 1. The van der Waals surface area contributed by atoms with E-state index in [0.717, 1.165) is 18.4 Å². The Morgan fingerprint density at radius 3 is 2.76 bits per heavy atom. The highest BCUT2D eigenvalue weighted by atomic mass is 16.1. The molecule has 2 rings (SSSR count). The molecule has 1 aromatic heterocycles. The van der Waals surface area contributed by atoms with E-state index in [0.29, 0.717) is 5.69 Å². The predicted molar refractivity (Wildman–Crippen MR) is 65.8 cm³/mol. The average Bonchev–Trinajstić information content (AvgIpc) is 2.85. The van der Waals surface area contributed by atoms with Crippen molar-refractivity contribution in [2.75, 3.05) is 7.05 Å². The Bertz CT molecular complexity index is 490. The second-order valence-electron chi connectivity index (χ2n) is 3.83. The van der Waals surface area contributed by atoms with Gasteiger partial charge in [0.25, 0.3) is 5.91 Å². The molecular formula is C13H15N3O. The first-order valence-electron chi connectivity index (χ1n) is 5.59. The number of nitrogens with zero attached hydrogens (tertiary/aromatic N) is 1. The summed E-state index contributed by atoms with van der Waals surface area (Å²) in [5.74, 6) is -0.120. The Morgan fingerprint density at radius 1 is 1.29 bits per heavy atom. The Labute approximate surface area is 100 Å². The van der Waals surface area contributed by atoms with Crippen molar-refractivity contribution in [1.29, 1.82) is 0 Å². The standard InChI is InChI=1S/C13H15N3O/c1-14-13(17)12-11(9-15-16-12)8-7-10-5-3-2-4-6-10/h2-6,9H,7-8H2,1H3,(H,14,17)(H,15,16). The fraction of sp³-hybridized carbons (Fsp3) is 0.231. The molecule has 0 radical (unpaired) electrons. The summed E-state index contributed by atoms with van der Waals surface area (Å²) in [6.07, 6.45) is 3.43. The summed E-state index contributed by atoms with van der Waals surface area (Å²) in [5, 5.41) is 9.24. The van der Waals surface area contributed by atoms with Crippen LogP contribution in [0.4, 0.5) is 0 Å². The average molecular weight is 229 g/mol. The molecule has 2 aromatic rings. The Morgan fingerprint density at radius 2 is 2.06 bits per heavy atom. The number of carbonyl (C=O) groups is 1. The third kappa shape index (κ3) is 2.72. The van der Waals surface area contributed by atoms with Crippen LogP contribution >= 0.6 is 0 Å². The largest absolute Gasteiger partial charge is 0.354 e. The van der Waals surface area contributed by atoms with Gasteiger partial charge in [-0.1, -0.05) is 30.3 Å². The first-order chi connectivity index (χ1) is 8.31. The van der Waals surface area contributed by atoms with Crippen LogP contribution in [0.5, 0.6) is 0 Å². The highest BCUT2D eigenvalue weighted by Crippen LogP contribution is 2.09. The van der Waals surface area contributed by atoms with Gasteiger partial charge in [0.2, 0.25) is 0 Å². The highest BCUT2D eigenvalue weighted by Gasteiger charge is 2.11. The van der Waals surface area contributed by atoms with Gasteiger partial charge in [-0.25, -0.2) is 0 Å². The summed E-state index contributed by atoms with van der Waals surface area (Å²) < 4.78 is 0. The molecule has 88 valence electrons. The molecule has 0 aliphatic rings. The summed E-state index contributed by atoms with van der Waals surface area (Å²) in [5.41, 5.74) is 2.77. The topological polar surface area (TPSA) is 57.8 Å². The number of nitrogens with one attached hydrogen (secondary N) is 2. The van der Waals surface area contributed by atoms with Gasteiger partial charge in [0.15, 0.2) is 0 Å². The van der Waals surface area contributed by atoms with E-state index in [-0.39, 0.29) is 5.91 Å². The normalized spacial score (nSPS) is 10.2. The van der Waals surface area contributed by atoms with E-state index >= 15 is 0 Å². The van der Waals surface area contributed by atoms with Gasteiger partial charge in [-0.15, -0.1) is 0 Å². The summed E-state index contributed by atoms with van der Waals surface area (Å²) in [6.45, 7) is 0. The minimum atomic E-state index is -0.120. The van der Waals surface area contributed by atoms with Crippen LogP contribution in [0.25, 0.3) is 0 Å². The minimum Gasteiger partial charge on any atom is -0.354 e. The number of rotatable bonds is 4. The third-order valence-corrected chi connectivity index (χ3v) is 2.70. The van der Waals surface area contributed by atoms with E-state index in [9.17, 15) is 4.79 Å². The summed E-state index contributed by atoms with van der Waals surface area (Å²) in [7, 11) is 1.62. The van der Waals surface area contributed by atoms with Crippen LogP contribution in [-0.2, 0) is 12.8 Å². The van der Waals surface area contributed by atoms with Gasteiger partial charge in [0, 0.05) is 12.6 Å². The minimum absolute atomic E-state index is 0.120. The lowest BCUT2D eigenvalue weighted by Gasteiger charge is -2.02. The number of benzene rings is 1. The van der Waals surface area contributed by atoms with Crippen LogP contribution < -0.4 is 5.32 Å². The zero-order valence-corrected chi connectivity index (χ0v) is 9.73. The lowest BCUT2D eigenvalue weighted by atomic mass is 10.0. The van der Waals surface area contributed by atoms with E-state index in [1.807, 2.05) is 18.2 Å². The molecule has 4 nitrogen and oxygen atoms in total. The van der Waals surface area contributed by atoms with Gasteiger partial charge in [0.1, 0.15) is 5.69 Å². The highest BCUT2D eigenvalue weighted by molar-refractivity contribution is 5.93. The molecule has 0 saturated carbocycles. The van der Waals surface area contributed by atoms with Crippen molar-refractivity contribution in [3.05, 3.63) is 53.3 Å². The second kappa shape index (κ2) is 5.30. The van der Waals surface area contributed by atoms with E-state index in [1.54, 1.807) is 13.2 Å². The van der Waals surface area contributed by atoms with Crippen LogP contribution in [0.3, 0.4) is 0 Å². The maximum atomic E-state index is 11.5.